The van der Waals surface area contributed by atoms with Crippen LogP contribution < -0.4 is 0 Å². The van der Waals surface area contributed by atoms with Crippen molar-refractivity contribution in [1.29, 1.82) is 0 Å². The second-order valence-electron chi connectivity index (χ2n) is 5.79. The highest BCUT2D eigenvalue weighted by molar-refractivity contribution is 7.98. The predicted octanol–water partition coefficient (Wildman–Crippen LogP) is 5.30. The number of nitro benzene ring substituents is 1. The highest BCUT2D eigenvalue weighted by Gasteiger charge is 2.17. The van der Waals surface area contributed by atoms with Crippen LogP contribution >= 0.6 is 11.8 Å². The number of pyridine rings is 1. The van der Waals surface area contributed by atoms with Crippen molar-refractivity contribution in [3.8, 4) is 22.4 Å². The molecule has 5 nitrogen and oxygen atoms in total. The molecule has 6 heteroatoms. The first-order chi connectivity index (χ1) is 12.7. The number of fused-ring (bicyclic) bond motifs is 1. The van der Waals surface area contributed by atoms with Crippen molar-refractivity contribution < 1.29 is 4.92 Å². The zero-order chi connectivity index (χ0) is 18.1. The van der Waals surface area contributed by atoms with Gasteiger partial charge < -0.3 is 0 Å². The highest BCUT2D eigenvalue weighted by atomic mass is 32.2. The molecule has 2 heterocycles. The summed E-state index contributed by atoms with van der Waals surface area (Å²) in [6, 6.07) is 20.8. The van der Waals surface area contributed by atoms with Gasteiger partial charge in [0.1, 0.15) is 5.69 Å². The Bertz CT molecular complexity index is 1090. The van der Waals surface area contributed by atoms with E-state index in [1.165, 1.54) is 17.0 Å². The summed E-state index contributed by atoms with van der Waals surface area (Å²) in [5.41, 5.74) is 4.82. The molecule has 0 fully saturated rings. The van der Waals surface area contributed by atoms with E-state index in [2.05, 4.69) is 24.3 Å². The Morgan fingerprint density at radius 3 is 2.31 bits per heavy atom. The second kappa shape index (κ2) is 6.65. The Balaban J connectivity index is 1.92. The van der Waals surface area contributed by atoms with E-state index in [0.29, 0.717) is 0 Å². The van der Waals surface area contributed by atoms with Crippen LogP contribution in [0, 0.1) is 10.1 Å². The standard InChI is InChI=1S/C20H15N3O2S/c1-26-17-11-7-14(8-12-17)19-18-4-2-3-13-22(18)21-20(19)15-5-9-16(10-6-15)23(24)25/h2-13H,1H3. The van der Waals surface area contributed by atoms with Gasteiger partial charge >= 0.3 is 0 Å². The zero-order valence-electron chi connectivity index (χ0n) is 14.0. The van der Waals surface area contributed by atoms with Crippen LogP contribution in [0.25, 0.3) is 27.9 Å². The fourth-order valence-corrected chi connectivity index (χ4v) is 3.39. The molecule has 0 unspecified atom stereocenters. The summed E-state index contributed by atoms with van der Waals surface area (Å²) >= 11 is 1.70. The largest absolute Gasteiger partial charge is 0.269 e. The van der Waals surface area contributed by atoms with Crippen molar-refractivity contribution in [2.24, 2.45) is 0 Å². The summed E-state index contributed by atoms with van der Waals surface area (Å²) in [4.78, 5) is 11.7. The fraction of sp³-hybridized carbons (Fsp3) is 0.0500. The number of aromatic nitrogens is 2. The van der Waals surface area contributed by atoms with Crippen molar-refractivity contribution in [1.82, 2.24) is 9.61 Å². The summed E-state index contributed by atoms with van der Waals surface area (Å²) in [6.07, 6.45) is 3.95. The van der Waals surface area contributed by atoms with Crippen molar-refractivity contribution in [3.63, 3.8) is 0 Å². The highest BCUT2D eigenvalue weighted by Crippen LogP contribution is 2.36. The molecule has 0 atom stereocenters. The van der Waals surface area contributed by atoms with Gasteiger partial charge in [-0.05, 0) is 48.2 Å². The first kappa shape index (κ1) is 16.4. The number of nitro groups is 1. The number of non-ortho nitro benzene ring substituents is 1. The summed E-state index contributed by atoms with van der Waals surface area (Å²) in [7, 11) is 0. The zero-order valence-corrected chi connectivity index (χ0v) is 14.8. The lowest BCUT2D eigenvalue weighted by Gasteiger charge is -2.05. The molecule has 128 valence electrons. The summed E-state index contributed by atoms with van der Waals surface area (Å²) in [5.74, 6) is 0. The average molecular weight is 361 g/mol. The quantitative estimate of drug-likeness (QED) is 0.281. The van der Waals surface area contributed by atoms with Gasteiger partial charge in [0.25, 0.3) is 5.69 Å². The van der Waals surface area contributed by atoms with Gasteiger partial charge in [-0.15, -0.1) is 11.8 Å². The number of hydrogen-bond acceptors (Lipinski definition) is 4. The van der Waals surface area contributed by atoms with E-state index in [-0.39, 0.29) is 5.69 Å². The topological polar surface area (TPSA) is 60.4 Å². The third-order valence-electron chi connectivity index (χ3n) is 4.27. The van der Waals surface area contributed by atoms with Gasteiger partial charge in [-0.1, -0.05) is 18.2 Å². The van der Waals surface area contributed by atoms with E-state index in [1.807, 2.05) is 35.2 Å². The smallest absolute Gasteiger partial charge is 0.258 e. The first-order valence-corrected chi connectivity index (χ1v) is 9.26. The number of hydrogen-bond donors (Lipinski definition) is 0. The maximum Gasteiger partial charge on any atom is 0.269 e. The van der Waals surface area contributed by atoms with Gasteiger partial charge in [0.15, 0.2) is 0 Å². The first-order valence-electron chi connectivity index (χ1n) is 8.04. The lowest BCUT2D eigenvalue weighted by molar-refractivity contribution is -0.384. The second-order valence-corrected chi connectivity index (χ2v) is 6.67. The molecule has 0 bridgehead atoms. The van der Waals surface area contributed by atoms with E-state index in [0.717, 1.165) is 27.9 Å². The van der Waals surface area contributed by atoms with Crippen LogP contribution in [0.4, 0.5) is 5.69 Å². The van der Waals surface area contributed by atoms with Gasteiger partial charge in [-0.25, -0.2) is 4.52 Å². The average Bonchev–Trinajstić information content (AvgIpc) is 3.07. The molecule has 0 aliphatic rings. The molecule has 0 aliphatic carbocycles. The van der Waals surface area contributed by atoms with Crippen molar-refractivity contribution in [2.45, 2.75) is 4.90 Å². The molecule has 4 rings (SSSR count). The van der Waals surface area contributed by atoms with E-state index < -0.39 is 4.92 Å². The van der Waals surface area contributed by atoms with E-state index in [1.54, 1.807) is 23.9 Å². The van der Waals surface area contributed by atoms with Gasteiger partial charge in [0, 0.05) is 34.4 Å². The minimum Gasteiger partial charge on any atom is -0.258 e. The van der Waals surface area contributed by atoms with Crippen molar-refractivity contribution >= 4 is 23.0 Å². The van der Waals surface area contributed by atoms with Crippen LogP contribution in [-0.4, -0.2) is 20.8 Å². The molecule has 0 radical (unpaired) electrons. The lowest BCUT2D eigenvalue weighted by atomic mass is 9.99. The Hall–Kier alpha value is -3.12. The Labute approximate surface area is 154 Å². The molecule has 0 aliphatic heterocycles. The molecule has 2 aromatic carbocycles. The Morgan fingerprint density at radius 2 is 1.65 bits per heavy atom. The van der Waals surface area contributed by atoms with Crippen LogP contribution in [0.1, 0.15) is 0 Å². The maximum absolute atomic E-state index is 10.9. The SMILES string of the molecule is CSc1ccc(-c2c(-c3ccc([N+](=O)[O-])cc3)nn3ccccc23)cc1. The molecular weight excluding hydrogens is 346 g/mol. The third kappa shape index (κ3) is 2.84. The molecule has 26 heavy (non-hydrogen) atoms. The van der Waals surface area contributed by atoms with Gasteiger partial charge in [-0.3, -0.25) is 10.1 Å². The summed E-state index contributed by atoms with van der Waals surface area (Å²) in [6.45, 7) is 0. The molecule has 0 amide bonds. The van der Waals surface area contributed by atoms with Crippen LogP contribution in [0.3, 0.4) is 0 Å². The lowest BCUT2D eigenvalue weighted by Crippen LogP contribution is -1.88. The predicted molar refractivity (Wildman–Crippen MR) is 104 cm³/mol. The van der Waals surface area contributed by atoms with Gasteiger partial charge in [-0.2, -0.15) is 5.10 Å². The van der Waals surface area contributed by atoms with Gasteiger partial charge in [0.2, 0.25) is 0 Å². The summed E-state index contributed by atoms with van der Waals surface area (Å²) in [5, 5.41) is 15.6. The van der Waals surface area contributed by atoms with E-state index in [9.17, 15) is 10.1 Å². The molecule has 4 aromatic rings. The normalized spacial score (nSPS) is 11.0. The van der Waals surface area contributed by atoms with Crippen molar-refractivity contribution in [2.75, 3.05) is 6.26 Å². The minimum absolute atomic E-state index is 0.0726. The van der Waals surface area contributed by atoms with Gasteiger partial charge in [0.05, 0.1) is 10.4 Å². The van der Waals surface area contributed by atoms with E-state index >= 15 is 0 Å². The number of nitrogens with zero attached hydrogens (tertiary/aromatic N) is 3. The molecule has 0 N–H and O–H groups in total. The van der Waals surface area contributed by atoms with Crippen LogP contribution in [0.15, 0.2) is 77.8 Å². The van der Waals surface area contributed by atoms with Crippen molar-refractivity contribution in [3.05, 3.63) is 83.0 Å². The number of benzene rings is 2. The molecule has 0 saturated heterocycles. The monoisotopic (exact) mass is 361 g/mol. The fourth-order valence-electron chi connectivity index (χ4n) is 2.98. The summed E-state index contributed by atoms with van der Waals surface area (Å²) < 4.78 is 1.84. The third-order valence-corrected chi connectivity index (χ3v) is 5.01. The Kier molecular flexibility index (Phi) is 4.18. The van der Waals surface area contributed by atoms with Crippen LogP contribution in [0.5, 0.6) is 0 Å². The Morgan fingerprint density at radius 1 is 0.962 bits per heavy atom. The van der Waals surface area contributed by atoms with Crippen LogP contribution in [0.2, 0.25) is 0 Å². The minimum atomic E-state index is -0.393. The molecular formula is C20H15N3O2S. The van der Waals surface area contributed by atoms with E-state index in [4.69, 9.17) is 5.10 Å². The maximum atomic E-state index is 10.9. The number of thioether (sulfide) groups is 1. The molecule has 0 spiro atoms. The number of rotatable bonds is 4. The molecule has 2 aromatic heterocycles. The van der Waals surface area contributed by atoms with Crippen LogP contribution in [-0.2, 0) is 0 Å². The molecule has 0 saturated carbocycles.